The Morgan fingerprint density at radius 1 is 0.920 bits per heavy atom. The van der Waals surface area contributed by atoms with E-state index in [4.69, 9.17) is 4.74 Å². The van der Waals surface area contributed by atoms with Crippen molar-refractivity contribution in [2.75, 3.05) is 33.3 Å². The predicted molar refractivity (Wildman–Crippen MR) is 98.7 cm³/mol. The zero-order chi connectivity index (χ0) is 17.4. The van der Waals surface area contributed by atoms with Gasteiger partial charge in [0.25, 0.3) is 0 Å². The molecule has 0 aromatic heterocycles. The number of esters is 1. The number of hydrogen-bond donors (Lipinski definition) is 0. The van der Waals surface area contributed by atoms with Gasteiger partial charge in [-0.25, -0.2) is 0 Å². The molecule has 2 rings (SSSR count). The van der Waals surface area contributed by atoms with E-state index in [1.807, 2.05) is 30.3 Å². The second-order valence-corrected chi connectivity index (χ2v) is 6.44. The average Bonchev–Trinajstić information content (AvgIpc) is 2.63. The van der Waals surface area contributed by atoms with E-state index in [-0.39, 0.29) is 29.9 Å². The van der Waals surface area contributed by atoms with Crippen molar-refractivity contribution < 1.29 is 38.0 Å². The molecule has 2 aromatic carbocycles. The van der Waals surface area contributed by atoms with Crippen molar-refractivity contribution >= 4 is 5.97 Å². The molecule has 0 aliphatic heterocycles. The normalized spacial score (nSPS) is 10.8. The Labute approximate surface area is 168 Å². The van der Waals surface area contributed by atoms with Gasteiger partial charge in [0.15, 0.2) is 0 Å². The summed E-state index contributed by atoms with van der Waals surface area (Å²) in [5.41, 5.74) is 3.33. The molecule has 0 fully saturated rings. The van der Waals surface area contributed by atoms with Gasteiger partial charge in [-0.2, -0.15) is 0 Å². The number of halogens is 1. The summed E-state index contributed by atoms with van der Waals surface area (Å²) in [4.78, 5) is 12.0. The number of rotatable bonds is 8. The number of nitrogens with zero attached hydrogens (tertiary/aromatic N) is 1. The molecule has 0 heterocycles. The Morgan fingerprint density at radius 2 is 1.48 bits per heavy atom. The molecule has 0 aliphatic carbocycles. The summed E-state index contributed by atoms with van der Waals surface area (Å²) in [5.74, 6) is -0.152. The molecule has 136 valence electrons. The molecule has 0 N–H and O–H groups in total. The maximum Gasteiger partial charge on any atom is 0.310 e. The van der Waals surface area contributed by atoms with Gasteiger partial charge in [-0.1, -0.05) is 54.6 Å². The molecule has 0 spiro atoms. The highest BCUT2D eigenvalue weighted by Gasteiger charge is 2.17. The molecular formula is C21H28INO2. The monoisotopic (exact) mass is 453 g/mol. The zero-order valence-electron chi connectivity index (χ0n) is 15.4. The molecule has 2 aromatic rings. The minimum atomic E-state index is -0.152. The van der Waals surface area contributed by atoms with Crippen LogP contribution in [0.15, 0.2) is 54.6 Å². The van der Waals surface area contributed by atoms with E-state index in [0.717, 1.165) is 35.2 Å². The van der Waals surface area contributed by atoms with Crippen LogP contribution in [-0.2, 0) is 16.0 Å². The van der Waals surface area contributed by atoms with Gasteiger partial charge in [0.2, 0.25) is 0 Å². The first-order chi connectivity index (χ1) is 11.6. The largest absolute Gasteiger partial charge is 1.00 e. The summed E-state index contributed by atoms with van der Waals surface area (Å²) < 4.78 is 6.34. The smallest absolute Gasteiger partial charge is 0.310 e. The molecule has 25 heavy (non-hydrogen) atoms. The van der Waals surface area contributed by atoms with Gasteiger partial charge in [-0.3, -0.25) is 4.79 Å². The number of quaternary nitrogens is 1. The van der Waals surface area contributed by atoms with Crippen LogP contribution in [0, 0.1) is 0 Å². The minimum absolute atomic E-state index is 0. The summed E-state index contributed by atoms with van der Waals surface area (Å²) >= 11 is 0. The number of benzene rings is 2. The molecule has 0 aliphatic rings. The fraction of sp³-hybridized carbons (Fsp3) is 0.381. The quantitative estimate of drug-likeness (QED) is 0.338. The topological polar surface area (TPSA) is 26.3 Å². The molecule has 0 radical (unpaired) electrons. The lowest BCUT2D eigenvalue weighted by atomic mass is 10.0. The van der Waals surface area contributed by atoms with E-state index < -0.39 is 0 Å². The van der Waals surface area contributed by atoms with Crippen LogP contribution in [0.4, 0.5) is 0 Å². The molecule has 0 unspecified atom stereocenters. The maximum absolute atomic E-state index is 12.0. The molecule has 3 nitrogen and oxygen atoms in total. The first-order valence-corrected chi connectivity index (χ1v) is 8.70. The highest BCUT2D eigenvalue weighted by atomic mass is 127. The van der Waals surface area contributed by atoms with Crippen molar-refractivity contribution in [2.24, 2.45) is 0 Å². The number of hydrogen-bond acceptors (Lipinski definition) is 2. The van der Waals surface area contributed by atoms with Crippen LogP contribution in [0.25, 0.3) is 11.1 Å². The summed E-state index contributed by atoms with van der Waals surface area (Å²) in [6.07, 6.45) is 0.330. The first kappa shape index (κ1) is 21.6. The summed E-state index contributed by atoms with van der Waals surface area (Å²) in [6, 6.07) is 18.3. The summed E-state index contributed by atoms with van der Waals surface area (Å²) in [5, 5.41) is 0. The number of ether oxygens (including phenoxy) is 1. The fourth-order valence-corrected chi connectivity index (χ4v) is 2.58. The van der Waals surface area contributed by atoms with Crippen molar-refractivity contribution in [3.8, 4) is 11.1 Å². The molecule has 0 atom stereocenters. The van der Waals surface area contributed by atoms with Crippen molar-refractivity contribution in [3.05, 3.63) is 60.2 Å². The molecule has 4 heteroatoms. The van der Waals surface area contributed by atoms with Crippen LogP contribution in [0.3, 0.4) is 0 Å². The fourth-order valence-electron chi connectivity index (χ4n) is 2.58. The van der Waals surface area contributed by atoms with Gasteiger partial charge in [0.1, 0.15) is 13.2 Å². The number of carbonyl (C=O) groups is 1. The molecule has 0 amide bonds. The van der Waals surface area contributed by atoms with Crippen LogP contribution in [0.2, 0.25) is 0 Å². The van der Waals surface area contributed by atoms with Crippen molar-refractivity contribution in [2.45, 2.75) is 20.3 Å². The third-order valence-corrected chi connectivity index (χ3v) is 4.83. The Hall–Kier alpha value is -1.40. The highest BCUT2D eigenvalue weighted by Crippen LogP contribution is 2.19. The van der Waals surface area contributed by atoms with E-state index in [1.54, 1.807) is 0 Å². The van der Waals surface area contributed by atoms with Gasteiger partial charge in [-0.15, -0.1) is 0 Å². The van der Waals surface area contributed by atoms with Gasteiger partial charge in [0.05, 0.1) is 26.6 Å². The minimum Gasteiger partial charge on any atom is -1.00 e. The molecule has 0 bridgehead atoms. The second-order valence-electron chi connectivity index (χ2n) is 6.44. The van der Waals surface area contributed by atoms with Crippen molar-refractivity contribution in [1.29, 1.82) is 0 Å². The van der Waals surface area contributed by atoms with Crippen LogP contribution >= 0.6 is 0 Å². The van der Waals surface area contributed by atoms with E-state index in [2.05, 4.69) is 45.2 Å². The Balaban J connectivity index is 0.00000312. The van der Waals surface area contributed by atoms with Crippen LogP contribution in [0.1, 0.15) is 19.4 Å². The Bertz CT molecular complexity index is 637. The number of carbonyl (C=O) groups excluding carboxylic acids is 1. The van der Waals surface area contributed by atoms with Gasteiger partial charge < -0.3 is 33.2 Å². The van der Waals surface area contributed by atoms with Gasteiger partial charge in [-0.05, 0) is 30.5 Å². The average molecular weight is 453 g/mol. The van der Waals surface area contributed by atoms with Crippen LogP contribution < -0.4 is 24.0 Å². The summed E-state index contributed by atoms with van der Waals surface area (Å²) in [7, 11) is 2.19. The lowest BCUT2D eigenvalue weighted by Gasteiger charge is -2.31. The highest BCUT2D eigenvalue weighted by molar-refractivity contribution is 5.73. The molecule has 0 saturated carbocycles. The standard InChI is InChI=1S/C21H28NO2.HI/c1-4-22(3,5-2)15-16-24-21(23)17-18-11-13-20(14-12-18)19-9-7-6-8-10-19;/h6-14H,4-5,15-17H2,1-3H3;1H/q+1;/p-1. The summed E-state index contributed by atoms with van der Waals surface area (Å²) in [6.45, 7) is 7.79. The van der Waals surface area contributed by atoms with Crippen molar-refractivity contribution in [1.82, 2.24) is 0 Å². The zero-order valence-corrected chi connectivity index (χ0v) is 17.5. The third kappa shape index (κ3) is 6.78. The first-order valence-electron chi connectivity index (χ1n) is 8.70. The van der Waals surface area contributed by atoms with Gasteiger partial charge >= 0.3 is 5.97 Å². The number of likely N-dealkylation sites (N-methyl/N-ethyl adjacent to an activating group) is 1. The molecular weight excluding hydrogens is 425 g/mol. The van der Waals surface area contributed by atoms with E-state index in [9.17, 15) is 4.79 Å². The third-order valence-electron chi connectivity index (χ3n) is 4.83. The SMILES string of the molecule is CC[N+](C)(CC)CCOC(=O)Cc1ccc(-c2ccccc2)cc1.[I-]. The van der Waals surface area contributed by atoms with E-state index >= 15 is 0 Å². The second kappa shape index (κ2) is 10.6. The van der Waals surface area contributed by atoms with E-state index in [0.29, 0.717) is 13.0 Å². The van der Waals surface area contributed by atoms with Crippen LogP contribution in [0.5, 0.6) is 0 Å². The van der Waals surface area contributed by atoms with Crippen molar-refractivity contribution in [3.63, 3.8) is 0 Å². The lowest BCUT2D eigenvalue weighted by molar-refractivity contribution is -0.906. The molecule has 0 saturated heterocycles. The van der Waals surface area contributed by atoms with Crippen LogP contribution in [-0.4, -0.2) is 43.7 Å². The maximum atomic E-state index is 12.0. The Kier molecular flexibility index (Phi) is 9.14. The lowest BCUT2D eigenvalue weighted by Crippen LogP contribution is -3.00. The van der Waals surface area contributed by atoms with Gasteiger partial charge in [0, 0.05) is 0 Å². The predicted octanol–water partition coefficient (Wildman–Crippen LogP) is 0.930. The van der Waals surface area contributed by atoms with E-state index in [1.165, 1.54) is 5.56 Å². The Morgan fingerprint density at radius 3 is 2.04 bits per heavy atom.